The van der Waals surface area contributed by atoms with E-state index in [1.807, 2.05) is 13.8 Å². The van der Waals surface area contributed by atoms with Gasteiger partial charge in [0.15, 0.2) is 0 Å². The van der Waals surface area contributed by atoms with E-state index >= 15 is 0 Å². The molecule has 3 aromatic rings. The van der Waals surface area contributed by atoms with Gasteiger partial charge in [-0.25, -0.2) is 9.97 Å². The summed E-state index contributed by atoms with van der Waals surface area (Å²) in [4.78, 5) is 30.7. The summed E-state index contributed by atoms with van der Waals surface area (Å²) in [5.41, 5.74) is 9.92. The fourth-order valence-electron chi connectivity index (χ4n) is 5.48. The van der Waals surface area contributed by atoms with Crippen molar-refractivity contribution in [2.45, 2.75) is 65.1 Å². The Kier molecular flexibility index (Phi) is 7.09. The number of carbonyl (C=O) groups excluding carboxylic acids is 1. The predicted octanol–water partition coefficient (Wildman–Crippen LogP) is 3.58. The molecule has 2 saturated heterocycles. The highest BCUT2D eigenvalue weighted by Gasteiger charge is 2.32. The number of hydrogen-bond donors (Lipinski definition) is 1. The minimum atomic E-state index is 0.0572. The topological polar surface area (TPSA) is 102 Å². The molecule has 0 bridgehead atoms. The smallest absolute Gasteiger partial charge is 0.297 e. The van der Waals surface area contributed by atoms with Crippen LogP contribution in [-0.4, -0.2) is 67.5 Å². The second kappa shape index (κ2) is 10.4. The summed E-state index contributed by atoms with van der Waals surface area (Å²) in [5, 5.41) is 0. The summed E-state index contributed by atoms with van der Waals surface area (Å²) in [6.07, 6.45) is 7.24. The van der Waals surface area contributed by atoms with E-state index in [0.29, 0.717) is 17.9 Å². The number of ether oxygens (including phenoxy) is 1. The first-order valence-corrected chi connectivity index (χ1v) is 13.1. The number of nitrogens with two attached hydrogens (primary N) is 1. The van der Waals surface area contributed by atoms with Crippen LogP contribution >= 0.6 is 0 Å². The Morgan fingerprint density at radius 1 is 1.08 bits per heavy atom. The van der Waals surface area contributed by atoms with Crippen LogP contribution in [0.4, 0.5) is 5.95 Å². The van der Waals surface area contributed by atoms with Crippen molar-refractivity contribution in [1.29, 1.82) is 0 Å². The van der Waals surface area contributed by atoms with Crippen molar-refractivity contribution in [2.75, 3.05) is 31.9 Å². The number of benzene rings is 1. The molecule has 1 aromatic carbocycles. The molecule has 0 unspecified atom stereocenters. The molecule has 36 heavy (non-hydrogen) atoms. The van der Waals surface area contributed by atoms with Crippen molar-refractivity contribution in [3.05, 3.63) is 41.7 Å². The molecular formula is C27H37N7O2. The maximum Gasteiger partial charge on any atom is 0.297 e. The van der Waals surface area contributed by atoms with Crippen molar-refractivity contribution in [2.24, 2.45) is 5.92 Å². The van der Waals surface area contributed by atoms with Gasteiger partial charge in [-0.2, -0.15) is 4.98 Å². The van der Waals surface area contributed by atoms with Crippen molar-refractivity contribution >= 4 is 22.9 Å². The van der Waals surface area contributed by atoms with Gasteiger partial charge in [-0.1, -0.05) is 6.07 Å². The lowest BCUT2D eigenvalue weighted by Gasteiger charge is -2.37. The first-order chi connectivity index (χ1) is 17.4. The number of fused-ring (bicyclic) bond motifs is 1. The molecule has 5 rings (SSSR count). The monoisotopic (exact) mass is 491 g/mol. The zero-order chi connectivity index (χ0) is 25.2. The van der Waals surface area contributed by atoms with Crippen molar-refractivity contribution < 1.29 is 9.53 Å². The van der Waals surface area contributed by atoms with E-state index in [9.17, 15) is 4.79 Å². The van der Waals surface area contributed by atoms with E-state index in [-0.39, 0.29) is 18.1 Å². The number of nitrogens with zero attached hydrogens (tertiary/aromatic N) is 6. The lowest BCUT2D eigenvalue weighted by atomic mass is 9.93. The Morgan fingerprint density at radius 3 is 2.44 bits per heavy atom. The molecule has 0 spiro atoms. The number of carbonyl (C=O) groups is 1. The molecule has 0 radical (unpaired) electrons. The van der Waals surface area contributed by atoms with Gasteiger partial charge in [0.2, 0.25) is 11.9 Å². The van der Waals surface area contributed by atoms with Crippen molar-refractivity contribution in [3.63, 3.8) is 0 Å². The molecule has 9 heteroatoms. The number of piperidine rings is 2. The van der Waals surface area contributed by atoms with Crippen LogP contribution in [0.3, 0.4) is 0 Å². The highest BCUT2D eigenvalue weighted by atomic mass is 16.5. The van der Waals surface area contributed by atoms with E-state index < -0.39 is 0 Å². The average molecular weight is 492 g/mol. The molecule has 0 atom stereocenters. The molecule has 2 aromatic heterocycles. The van der Waals surface area contributed by atoms with Crippen LogP contribution in [0.1, 0.15) is 56.7 Å². The minimum absolute atomic E-state index is 0.0572. The minimum Gasteiger partial charge on any atom is -0.462 e. The number of amides is 1. The van der Waals surface area contributed by atoms with Gasteiger partial charge in [0.25, 0.3) is 6.01 Å². The summed E-state index contributed by atoms with van der Waals surface area (Å²) >= 11 is 0. The Labute approximate surface area is 212 Å². The van der Waals surface area contributed by atoms with Crippen molar-refractivity contribution in [1.82, 2.24) is 29.3 Å². The number of nitrogen functional groups attached to an aromatic ring is 1. The van der Waals surface area contributed by atoms with Crippen molar-refractivity contribution in [3.8, 4) is 6.01 Å². The number of hydrogen-bond acceptors (Lipinski definition) is 7. The fourth-order valence-corrected chi connectivity index (χ4v) is 5.48. The number of likely N-dealkylation sites (tertiary alicyclic amines) is 2. The fraction of sp³-hybridized carbons (Fsp3) is 0.556. The molecule has 192 valence electrons. The van der Waals surface area contributed by atoms with Crippen LogP contribution in [0.2, 0.25) is 0 Å². The zero-order valence-corrected chi connectivity index (χ0v) is 21.6. The summed E-state index contributed by atoms with van der Waals surface area (Å²) in [5.74, 6) is 0.720. The third-order valence-electron chi connectivity index (χ3n) is 7.36. The van der Waals surface area contributed by atoms with Crippen LogP contribution in [0.25, 0.3) is 11.0 Å². The SMILES string of the molecule is Cc1ccc2c(c1)nc(OC(C)C)n2C1CCN(C(=O)C2CCN(Cc3cnc(N)nc3)CC2)CC1. The number of aromatic nitrogens is 4. The maximum absolute atomic E-state index is 13.3. The maximum atomic E-state index is 13.3. The third kappa shape index (κ3) is 5.31. The highest BCUT2D eigenvalue weighted by Crippen LogP contribution is 2.34. The summed E-state index contributed by atoms with van der Waals surface area (Å²) in [6, 6.07) is 7.36. The highest BCUT2D eigenvalue weighted by molar-refractivity contribution is 5.79. The molecule has 2 aliphatic rings. The van der Waals surface area contributed by atoms with E-state index in [2.05, 4.69) is 49.5 Å². The van der Waals surface area contributed by atoms with Crippen LogP contribution < -0.4 is 10.5 Å². The van der Waals surface area contributed by atoms with Crippen LogP contribution in [0.15, 0.2) is 30.6 Å². The molecule has 4 heterocycles. The molecule has 0 aliphatic carbocycles. The van der Waals surface area contributed by atoms with Gasteiger partial charge in [0.1, 0.15) is 0 Å². The first-order valence-electron chi connectivity index (χ1n) is 13.1. The first kappa shape index (κ1) is 24.5. The van der Waals surface area contributed by atoms with Gasteiger partial charge in [-0.05, 0) is 77.2 Å². The number of rotatable bonds is 6. The van der Waals surface area contributed by atoms with Gasteiger partial charge < -0.3 is 15.4 Å². The van der Waals surface area contributed by atoms with Gasteiger partial charge >= 0.3 is 0 Å². The van der Waals surface area contributed by atoms with E-state index in [4.69, 9.17) is 15.5 Å². The van der Waals surface area contributed by atoms with Gasteiger partial charge in [-0.3, -0.25) is 14.3 Å². The second-order valence-electron chi connectivity index (χ2n) is 10.5. The third-order valence-corrected chi connectivity index (χ3v) is 7.36. The lowest BCUT2D eigenvalue weighted by Crippen LogP contribution is -2.45. The molecule has 1 amide bonds. The molecular weight excluding hydrogens is 454 g/mol. The number of aryl methyl sites for hydroxylation is 1. The predicted molar refractivity (Wildman–Crippen MR) is 140 cm³/mol. The van der Waals surface area contributed by atoms with E-state index in [0.717, 1.165) is 75.0 Å². The summed E-state index contributed by atoms with van der Waals surface area (Å²) in [6.45, 7) is 10.3. The van der Waals surface area contributed by atoms with Crippen LogP contribution in [0.5, 0.6) is 6.01 Å². The largest absolute Gasteiger partial charge is 0.462 e. The molecule has 0 saturated carbocycles. The second-order valence-corrected chi connectivity index (χ2v) is 10.5. The van der Waals surface area contributed by atoms with E-state index in [1.165, 1.54) is 5.56 Å². The summed E-state index contributed by atoms with van der Waals surface area (Å²) in [7, 11) is 0. The Bertz CT molecular complexity index is 1190. The lowest BCUT2D eigenvalue weighted by molar-refractivity contribution is -0.138. The van der Waals surface area contributed by atoms with Crippen LogP contribution in [0, 0.1) is 12.8 Å². The standard InChI is InChI=1S/C27H37N7O2/c1-18(2)36-27-31-23-14-19(3)4-5-24(23)34(27)22-8-12-33(13-9-22)25(35)21-6-10-32(11-7-21)17-20-15-29-26(28)30-16-20/h4-5,14-16,18,21-22H,6-13,17H2,1-3H3,(H2,28,29,30). The zero-order valence-electron chi connectivity index (χ0n) is 21.6. The average Bonchev–Trinajstić information content (AvgIpc) is 3.21. The van der Waals surface area contributed by atoms with Gasteiger partial charge in [-0.15, -0.1) is 0 Å². The molecule has 2 fully saturated rings. The normalized spacial score (nSPS) is 18.3. The van der Waals surface area contributed by atoms with Gasteiger partial charge in [0.05, 0.1) is 17.1 Å². The number of imidazole rings is 1. The Morgan fingerprint density at radius 2 is 1.78 bits per heavy atom. The summed E-state index contributed by atoms with van der Waals surface area (Å²) < 4.78 is 8.36. The molecule has 2 N–H and O–H groups in total. The quantitative estimate of drug-likeness (QED) is 0.562. The van der Waals surface area contributed by atoms with Crippen LogP contribution in [-0.2, 0) is 11.3 Å². The number of anilines is 1. The van der Waals surface area contributed by atoms with E-state index in [1.54, 1.807) is 12.4 Å². The Balaban J connectivity index is 1.18. The molecule has 2 aliphatic heterocycles. The molecule has 9 nitrogen and oxygen atoms in total. The Hall–Kier alpha value is -3.20. The van der Waals surface area contributed by atoms with Gasteiger partial charge in [0, 0.05) is 49.6 Å².